The second-order valence-electron chi connectivity index (χ2n) is 5.85. The predicted molar refractivity (Wildman–Crippen MR) is 80.1 cm³/mol. The van der Waals surface area contributed by atoms with Gasteiger partial charge in [0.15, 0.2) is 0 Å². The first kappa shape index (κ1) is 16.4. The second kappa shape index (κ2) is 6.86. The number of hydrogen-bond donors (Lipinski definition) is 1. The summed E-state index contributed by atoms with van der Waals surface area (Å²) in [5, 5.41) is 9.66. The third kappa shape index (κ3) is 3.62. The molecule has 1 aliphatic rings. The zero-order valence-electron chi connectivity index (χ0n) is 11.8. The molecule has 0 bridgehead atoms. The minimum Gasteiger partial charge on any atom is -0.481 e. The molecule has 1 aromatic rings. The Morgan fingerprint density at radius 2 is 1.71 bits per heavy atom. The maximum Gasteiger partial charge on any atom is 0.309 e. The summed E-state index contributed by atoms with van der Waals surface area (Å²) in [6, 6.07) is 2.49. The first-order valence-corrected chi connectivity index (χ1v) is 8.11. The Morgan fingerprint density at radius 3 is 2.29 bits per heavy atom. The highest BCUT2D eigenvalue weighted by atomic mass is 79.9. The summed E-state index contributed by atoms with van der Waals surface area (Å²) in [4.78, 5) is 11.8. The Bertz CT molecular complexity index is 523. The minimum atomic E-state index is -1.05. The van der Waals surface area contributed by atoms with E-state index in [1.807, 2.05) is 0 Å². The summed E-state index contributed by atoms with van der Waals surface area (Å²) in [7, 11) is 0. The van der Waals surface area contributed by atoms with Gasteiger partial charge in [0.25, 0.3) is 0 Å². The van der Waals surface area contributed by atoms with Crippen LogP contribution < -0.4 is 0 Å². The van der Waals surface area contributed by atoms with Gasteiger partial charge in [-0.3, -0.25) is 4.79 Å². The van der Waals surface area contributed by atoms with Crippen LogP contribution in [0.2, 0.25) is 0 Å². The van der Waals surface area contributed by atoms with Crippen molar-refractivity contribution in [2.75, 3.05) is 0 Å². The van der Waals surface area contributed by atoms with Crippen LogP contribution in [0.1, 0.15) is 50.5 Å². The number of carboxylic acid groups (broad SMARTS) is 1. The molecule has 1 aromatic carbocycles. The van der Waals surface area contributed by atoms with Crippen molar-refractivity contribution in [1.82, 2.24) is 0 Å². The summed E-state index contributed by atoms with van der Waals surface area (Å²) in [5.74, 6) is -2.29. The van der Waals surface area contributed by atoms with Crippen molar-refractivity contribution in [3.63, 3.8) is 0 Å². The van der Waals surface area contributed by atoms with E-state index < -0.39 is 23.0 Å². The van der Waals surface area contributed by atoms with Crippen molar-refractivity contribution in [2.24, 2.45) is 5.41 Å². The average molecular weight is 361 g/mol. The van der Waals surface area contributed by atoms with Crippen molar-refractivity contribution < 1.29 is 18.7 Å². The molecule has 0 spiro atoms. The van der Waals surface area contributed by atoms with Gasteiger partial charge < -0.3 is 5.11 Å². The molecule has 0 aliphatic heterocycles. The summed E-state index contributed by atoms with van der Waals surface area (Å²) < 4.78 is 28.3. The fraction of sp³-hybridized carbons (Fsp3) is 0.562. The monoisotopic (exact) mass is 360 g/mol. The lowest BCUT2D eigenvalue weighted by Gasteiger charge is -2.31. The van der Waals surface area contributed by atoms with Crippen LogP contribution in [0.25, 0.3) is 0 Å². The van der Waals surface area contributed by atoms with Gasteiger partial charge in [0.05, 0.1) is 9.89 Å². The Balaban J connectivity index is 2.35. The molecule has 0 atom stereocenters. The van der Waals surface area contributed by atoms with Gasteiger partial charge in [-0.1, -0.05) is 32.1 Å². The van der Waals surface area contributed by atoms with Crippen LogP contribution >= 0.6 is 15.9 Å². The number of carbonyl (C=O) groups is 1. The maximum atomic E-state index is 14.2. The Hall–Kier alpha value is -0.970. The standard InChI is InChI=1S/C16H19BrF2O2/c17-12-6-7-13(18)11(14(12)19)10-16(15(20)21)8-4-2-1-3-5-9-16/h6-7H,1-5,8-10H2,(H,20,21). The molecule has 0 heterocycles. The van der Waals surface area contributed by atoms with Gasteiger partial charge in [0, 0.05) is 5.56 Å². The van der Waals surface area contributed by atoms with E-state index in [1.165, 1.54) is 12.1 Å². The fourth-order valence-electron chi connectivity index (χ4n) is 3.12. The molecule has 1 fully saturated rings. The fourth-order valence-corrected chi connectivity index (χ4v) is 3.49. The van der Waals surface area contributed by atoms with Crippen molar-refractivity contribution in [3.8, 4) is 0 Å². The van der Waals surface area contributed by atoms with Gasteiger partial charge in [0.2, 0.25) is 0 Å². The number of benzene rings is 1. The number of aliphatic carboxylic acids is 1. The summed E-state index contributed by atoms with van der Waals surface area (Å²) in [6.07, 6.45) is 5.54. The third-order valence-electron chi connectivity index (χ3n) is 4.42. The Labute approximate surface area is 131 Å². The predicted octanol–water partition coefficient (Wildman–Crippen LogP) is 5.09. The van der Waals surface area contributed by atoms with Crippen LogP contribution in [-0.2, 0) is 11.2 Å². The van der Waals surface area contributed by atoms with Crippen molar-refractivity contribution in [3.05, 3.63) is 33.8 Å². The van der Waals surface area contributed by atoms with Crippen LogP contribution in [0.5, 0.6) is 0 Å². The van der Waals surface area contributed by atoms with E-state index in [0.29, 0.717) is 12.8 Å². The number of halogens is 3. The van der Waals surface area contributed by atoms with Crippen LogP contribution in [0.4, 0.5) is 8.78 Å². The zero-order valence-corrected chi connectivity index (χ0v) is 13.4. The molecule has 1 aliphatic carbocycles. The highest BCUT2D eigenvalue weighted by Crippen LogP contribution is 2.39. The van der Waals surface area contributed by atoms with E-state index in [2.05, 4.69) is 15.9 Å². The minimum absolute atomic E-state index is 0.0839. The first-order valence-electron chi connectivity index (χ1n) is 7.32. The van der Waals surface area contributed by atoms with Crippen LogP contribution in [0.15, 0.2) is 16.6 Å². The molecule has 1 saturated carbocycles. The van der Waals surface area contributed by atoms with E-state index in [1.54, 1.807) is 0 Å². The smallest absolute Gasteiger partial charge is 0.309 e. The molecule has 0 unspecified atom stereocenters. The maximum absolute atomic E-state index is 14.2. The van der Waals surface area contributed by atoms with E-state index in [9.17, 15) is 18.7 Å². The van der Waals surface area contributed by atoms with Crippen LogP contribution in [0, 0.1) is 17.0 Å². The van der Waals surface area contributed by atoms with Crippen LogP contribution in [-0.4, -0.2) is 11.1 Å². The summed E-state index contributed by atoms with van der Waals surface area (Å²) in [5.41, 5.74) is -1.17. The van der Waals surface area contributed by atoms with Crippen LogP contribution in [0.3, 0.4) is 0 Å². The normalized spacial score (nSPS) is 18.8. The second-order valence-corrected chi connectivity index (χ2v) is 6.71. The van der Waals surface area contributed by atoms with Gasteiger partial charge >= 0.3 is 5.97 Å². The molecule has 0 radical (unpaired) electrons. The van der Waals surface area contributed by atoms with Crippen molar-refractivity contribution in [1.29, 1.82) is 0 Å². The number of hydrogen-bond acceptors (Lipinski definition) is 1. The third-order valence-corrected chi connectivity index (χ3v) is 5.03. The first-order chi connectivity index (χ1) is 9.96. The zero-order chi connectivity index (χ0) is 15.5. The van der Waals surface area contributed by atoms with E-state index in [4.69, 9.17) is 0 Å². The molecular weight excluding hydrogens is 342 g/mol. The molecule has 116 valence electrons. The number of rotatable bonds is 3. The molecule has 0 aromatic heterocycles. The molecular formula is C16H19BrF2O2. The highest BCUT2D eigenvalue weighted by molar-refractivity contribution is 9.10. The van der Waals surface area contributed by atoms with E-state index in [0.717, 1.165) is 32.1 Å². The molecule has 1 N–H and O–H groups in total. The molecule has 5 heteroatoms. The Morgan fingerprint density at radius 1 is 1.14 bits per heavy atom. The summed E-state index contributed by atoms with van der Waals surface area (Å²) >= 11 is 3.04. The van der Waals surface area contributed by atoms with E-state index in [-0.39, 0.29) is 16.5 Å². The molecule has 21 heavy (non-hydrogen) atoms. The Kier molecular flexibility index (Phi) is 5.36. The molecule has 2 rings (SSSR count). The lowest BCUT2D eigenvalue weighted by Crippen LogP contribution is -2.35. The van der Waals surface area contributed by atoms with E-state index >= 15 is 0 Å². The SMILES string of the molecule is O=C(O)C1(Cc2c(F)ccc(Br)c2F)CCCCCCC1. The summed E-state index contributed by atoms with van der Waals surface area (Å²) in [6.45, 7) is 0. The van der Waals surface area contributed by atoms with Gasteiger partial charge in [0.1, 0.15) is 11.6 Å². The lowest BCUT2D eigenvalue weighted by atomic mass is 9.72. The molecule has 0 saturated heterocycles. The van der Waals surface area contributed by atoms with Gasteiger partial charge in [-0.2, -0.15) is 0 Å². The van der Waals surface area contributed by atoms with Gasteiger partial charge in [-0.15, -0.1) is 0 Å². The van der Waals surface area contributed by atoms with Gasteiger partial charge in [-0.05, 0) is 47.3 Å². The largest absolute Gasteiger partial charge is 0.481 e. The lowest BCUT2D eigenvalue weighted by molar-refractivity contribution is -0.150. The highest BCUT2D eigenvalue weighted by Gasteiger charge is 2.39. The molecule has 0 amide bonds. The topological polar surface area (TPSA) is 37.3 Å². The van der Waals surface area contributed by atoms with Crippen molar-refractivity contribution >= 4 is 21.9 Å². The van der Waals surface area contributed by atoms with Crippen molar-refractivity contribution in [2.45, 2.75) is 51.4 Å². The molecule has 2 nitrogen and oxygen atoms in total. The number of carboxylic acids is 1. The van der Waals surface area contributed by atoms with Gasteiger partial charge in [-0.25, -0.2) is 8.78 Å². The average Bonchev–Trinajstić information content (AvgIpc) is 2.41. The quantitative estimate of drug-likeness (QED) is 0.762.